The Morgan fingerprint density at radius 1 is 0.931 bits per heavy atom. The quantitative estimate of drug-likeness (QED) is 0.0530. The van der Waals surface area contributed by atoms with Crippen molar-refractivity contribution < 1.29 is 51.1 Å². The average molecular weight is 816 g/mol. The molecule has 15 nitrogen and oxygen atoms in total. The molecule has 3 aromatic heterocycles. The minimum Gasteiger partial charge on any atom is -0.481 e. The molecule has 6 rings (SSSR count). The van der Waals surface area contributed by atoms with Gasteiger partial charge in [0, 0.05) is 70.1 Å². The Morgan fingerprint density at radius 2 is 1.57 bits per heavy atom. The van der Waals surface area contributed by atoms with Crippen LogP contribution in [0.3, 0.4) is 0 Å². The third-order valence-electron chi connectivity index (χ3n) is 11.5. The van der Waals surface area contributed by atoms with Gasteiger partial charge in [-0.05, 0) is 78.5 Å². The van der Waals surface area contributed by atoms with E-state index in [0.717, 1.165) is 36.9 Å². The molecule has 2 aliphatic rings. The van der Waals surface area contributed by atoms with E-state index in [-0.39, 0.29) is 77.0 Å². The molecule has 0 spiro atoms. The topological polar surface area (TPSA) is 206 Å². The van der Waals surface area contributed by atoms with Gasteiger partial charge in [-0.2, -0.15) is 5.26 Å². The molecule has 0 radical (unpaired) electrons. The number of hydrogen-bond acceptors (Lipinski definition) is 12. The number of carbonyl (C=O) groups excluding carboxylic acids is 1. The number of rotatable bonds is 16. The molecule has 1 aromatic carbocycles. The van der Waals surface area contributed by atoms with E-state index in [1.807, 2.05) is 12.1 Å². The highest BCUT2D eigenvalue weighted by molar-refractivity contribution is 6.61. The van der Waals surface area contributed by atoms with Crippen molar-refractivity contribution in [2.45, 2.75) is 70.6 Å². The van der Waals surface area contributed by atoms with Crippen molar-refractivity contribution in [3.63, 3.8) is 0 Å². The van der Waals surface area contributed by atoms with Crippen LogP contribution in [0.15, 0.2) is 60.0 Å². The molecule has 16 heteroatoms. The fraction of sp³-hybridized carbons (Fsp3) is 0.452. The van der Waals surface area contributed by atoms with E-state index < -0.39 is 38.2 Å². The van der Waals surface area contributed by atoms with Crippen LogP contribution >= 0.6 is 0 Å². The molecule has 0 bridgehead atoms. The molecule has 58 heavy (non-hydrogen) atoms. The molecule has 1 atom stereocenters. The van der Waals surface area contributed by atoms with Crippen LogP contribution < -0.4 is 10.5 Å². The number of amides is 1. The third kappa shape index (κ3) is 8.26. The summed E-state index contributed by atoms with van der Waals surface area (Å²) in [6, 6.07) is 12.3. The van der Waals surface area contributed by atoms with Crippen molar-refractivity contribution in [3.05, 3.63) is 69.3 Å². The Bertz CT molecular complexity index is 2350. The summed E-state index contributed by atoms with van der Waals surface area (Å²) in [6.07, 6.45) is 2.35. The lowest BCUT2D eigenvalue weighted by atomic mass is 9.69. The predicted molar refractivity (Wildman–Crippen MR) is 215 cm³/mol. The Labute approximate surface area is 336 Å². The maximum atomic E-state index is 13.9. The van der Waals surface area contributed by atoms with E-state index in [1.54, 1.807) is 24.3 Å². The summed E-state index contributed by atoms with van der Waals surface area (Å²) in [5.74, 6) is -3.23. The van der Waals surface area contributed by atoms with Crippen LogP contribution in [0.4, 0.5) is 5.69 Å². The largest absolute Gasteiger partial charge is 0.520 e. The summed E-state index contributed by atoms with van der Waals surface area (Å²) < 4.78 is 34.8. The number of carbonyl (C=O) groups is 3. The fourth-order valence-electron chi connectivity index (χ4n) is 7.89. The van der Waals surface area contributed by atoms with E-state index in [9.17, 15) is 29.5 Å². The first-order chi connectivity index (χ1) is 27.5. The van der Waals surface area contributed by atoms with Gasteiger partial charge in [-0.15, -0.1) is 0 Å². The molecular formula is C42H49N3O12Si. The van der Waals surface area contributed by atoms with Gasteiger partial charge in [0.1, 0.15) is 34.3 Å². The Hall–Kier alpha value is -5.47. The number of hydrogen-bond donors (Lipinski definition) is 2. The van der Waals surface area contributed by atoms with Crippen molar-refractivity contribution >= 4 is 49.4 Å². The van der Waals surface area contributed by atoms with Gasteiger partial charge in [-0.1, -0.05) is 27.7 Å². The highest BCUT2D eigenvalue weighted by Crippen LogP contribution is 2.52. The Balaban J connectivity index is 1.28. The molecule has 1 amide bonds. The number of carboxylic acid groups (broad SMARTS) is 2. The Kier molecular flexibility index (Phi) is 11.9. The number of nitrogens with zero attached hydrogens (tertiary/aromatic N) is 3. The zero-order chi connectivity index (χ0) is 42.2. The van der Waals surface area contributed by atoms with Crippen molar-refractivity contribution in [3.8, 4) is 28.9 Å². The molecule has 2 N–H and O–H groups in total. The van der Waals surface area contributed by atoms with Gasteiger partial charge in [0.05, 0.1) is 12.1 Å². The van der Waals surface area contributed by atoms with Crippen molar-refractivity contribution in [1.29, 1.82) is 5.26 Å². The number of anilines is 1. The van der Waals surface area contributed by atoms with E-state index >= 15 is 0 Å². The zero-order valence-electron chi connectivity index (χ0n) is 33.8. The molecule has 4 aromatic rings. The van der Waals surface area contributed by atoms with Crippen LogP contribution in [-0.2, 0) is 38.5 Å². The lowest BCUT2D eigenvalue weighted by Gasteiger charge is -2.48. The second-order valence-electron chi connectivity index (χ2n) is 16.1. The number of benzene rings is 1. The summed E-state index contributed by atoms with van der Waals surface area (Å²) in [4.78, 5) is 54.2. The van der Waals surface area contributed by atoms with Gasteiger partial charge < -0.3 is 46.5 Å². The van der Waals surface area contributed by atoms with Crippen molar-refractivity contribution in [1.82, 2.24) is 4.90 Å². The number of fused-ring (bicyclic) bond motifs is 2. The summed E-state index contributed by atoms with van der Waals surface area (Å²) in [5, 5.41) is 29.7. The minimum atomic E-state index is -3.48. The van der Waals surface area contributed by atoms with Crippen LogP contribution in [-0.4, -0.2) is 88.9 Å². The second-order valence-corrected chi connectivity index (χ2v) is 19.0. The molecule has 5 heterocycles. The van der Waals surface area contributed by atoms with Gasteiger partial charge in [-0.25, -0.2) is 4.79 Å². The standard InChI is InChI=1S/C42H49N3O12Si/c1-41(2)15-18-44-19-16-42(3,4)35-36(44)30(41)22-26-21-29(40(51)57-37(26)35)31-11-12-33(56-31)32-10-9-28(55-32)20-27(23-43)38(48)45(24-58(52-5,53-6)54-7)17-14-25(39(49)50)8-13-34(46)47/h9-12,20-22,25H,8,13-19,24H2,1-7H3,(H,46,47)(H,49,50). The zero-order valence-corrected chi connectivity index (χ0v) is 34.8. The first kappa shape index (κ1) is 42.1. The number of aliphatic carboxylic acids is 2. The van der Waals surface area contributed by atoms with Gasteiger partial charge in [0.25, 0.3) is 5.91 Å². The molecule has 308 valence electrons. The monoisotopic (exact) mass is 815 g/mol. The number of furan rings is 2. The lowest BCUT2D eigenvalue weighted by molar-refractivity contribution is -0.143. The van der Waals surface area contributed by atoms with Gasteiger partial charge in [-0.3, -0.25) is 14.4 Å². The molecule has 2 aliphatic heterocycles. The van der Waals surface area contributed by atoms with E-state index in [2.05, 4.69) is 38.7 Å². The highest BCUT2D eigenvalue weighted by Gasteiger charge is 2.43. The summed E-state index contributed by atoms with van der Waals surface area (Å²) in [7, 11) is 0.574. The van der Waals surface area contributed by atoms with Crippen LogP contribution in [0, 0.1) is 17.2 Å². The van der Waals surface area contributed by atoms with E-state index in [4.69, 9.17) is 31.6 Å². The summed E-state index contributed by atoms with van der Waals surface area (Å²) in [5.41, 5.74) is 3.20. The van der Waals surface area contributed by atoms with E-state index in [0.29, 0.717) is 5.58 Å². The van der Waals surface area contributed by atoms with Crippen molar-refractivity contribution in [2.75, 3.05) is 52.0 Å². The maximum absolute atomic E-state index is 13.9. The fourth-order valence-corrected chi connectivity index (χ4v) is 9.54. The first-order valence-electron chi connectivity index (χ1n) is 19.1. The van der Waals surface area contributed by atoms with Crippen molar-refractivity contribution in [2.24, 2.45) is 5.92 Å². The van der Waals surface area contributed by atoms with Crippen LogP contribution in [0.25, 0.3) is 39.9 Å². The maximum Gasteiger partial charge on any atom is 0.520 e. The SMILES string of the molecule is CO[Si](CN(CCC(CCC(=O)O)C(=O)O)C(=O)C(C#N)=Cc1ccc(-c2ccc(-c3cc4cc5c6c(c4oc3=O)C(C)(C)CCN6CCC5(C)C)o2)o1)(OC)OC. The summed E-state index contributed by atoms with van der Waals surface area (Å²) >= 11 is 0. The molecule has 0 saturated heterocycles. The smallest absolute Gasteiger partial charge is 0.481 e. The minimum absolute atomic E-state index is 0.0626. The van der Waals surface area contributed by atoms with Crippen LogP contribution in [0.1, 0.15) is 76.7 Å². The van der Waals surface area contributed by atoms with Crippen LogP contribution in [0.5, 0.6) is 0 Å². The summed E-state index contributed by atoms with van der Waals surface area (Å²) in [6.45, 7) is 10.6. The molecule has 0 aliphatic carbocycles. The normalized spacial score (nSPS) is 16.4. The van der Waals surface area contributed by atoms with Crippen LogP contribution in [0.2, 0.25) is 0 Å². The highest BCUT2D eigenvalue weighted by atomic mass is 28.4. The van der Waals surface area contributed by atoms with Gasteiger partial charge in [0.15, 0.2) is 11.5 Å². The van der Waals surface area contributed by atoms with Gasteiger partial charge >= 0.3 is 26.4 Å². The van der Waals surface area contributed by atoms with E-state index in [1.165, 1.54) is 43.6 Å². The molecular weight excluding hydrogens is 767 g/mol. The third-order valence-corrected chi connectivity index (χ3v) is 14.2. The first-order valence-corrected chi connectivity index (χ1v) is 21.0. The Morgan fingerprint density at radius 3 is 2.21 bits per heavy atom. The average Bonchev–Trinajstić information content (AvgIpc) is 3.87. The molecule has 1 unspecified atom stereocenters. The molecule has 0 saturated carbocycles. The molecule has 0 fully saturated rings. The lowest BCUT2D eigenvalue weighted by Crippen LogP contribution is -2.55. The predicted octanol–water partition coefficient (Wildman–Crippen LogP) is 6.59. The number of nitriles is 1. The van der Waals surface area contributed by atoms with Gasteiger partial charge in [0.2, 0.25) is 0 Å². The second kappa shape index (κ2) is 16.4. The number of carboxylic acids is 2.